The average molecular weight is 577 g/mol. The second kappa shape index (κ2) is 13.5. The number of Topliss-reactive ketones (excluding diaryl/α,β-unsaturated/α-hetero) is 1. The van der Waals surface area contributed by atoms with Crippen LogP contribution in [0.25, 0.3) is 5.69 Å². The number of ether oxygens (including phenoxy) is 2. The molecule has 41 heavy (non-hydrogen) atoms. The number of carboxylic acid groups (broad SMARTS) is 1. The van der Waals surface area contributed by atoms with E-state index < -0.39 is 72.6 Å². The molecule has 14 heteroatoms. The smallest absolute Gasteiger partial charge is 0.435 e. The predicted octanol–water partition coefficient (Wildman–Crippen LogP) is 4.07. The Morgan fingerprint density at radius 2 is 1.61 bits per heavy atom. The van der Waals surface area contributed by atoms with E-state index in [1.54, 1.807) is 62.4 Å². The number of nitrogens with one attached hydrogen (secondary N) is 2. The summed E-state index contributed by atoms with van der Waals surface area (Å²) in [5.41, 5.74) is -0.656. The first-order valence-electron chi connectivity index (χ1n) is 12.3. The molecule has 0 unspecified atom stereocenters. The summed E-state index contributed by atoms with van der Waals surface area (Å²) in [6.45, 7) is 2.25. The largest absolute Gasteiger partial charge is 0.481 e. The molecular formula is C27H27F3N4O7. The van der Waals surface area contributed by atoms with Crippen molar-refractivity contribution in [3.8, 4) is 11.6 Å². The van der Waals surface area contributed by atoms with Gasteiger partial charge in [-0.3, -0.25) is 19.7 Å². The number of carboxylic acids is 1. The standard InChI is InChI=1S/C27H27F3N4O7/c1-16(2)24(41-26(39)31-17-9-5-3-6-10-17)25(38)32-19(13-23(36)37)20(35)15-40-22-14-21(27(28,29)30)33-34(22)18-11-7-4-8-12-18/h3-12,14,16,19,24H,13,15H2,1-2H3,(H,31,39)(H,32,38)(H,36,37)/t19-,24-/m0/s1. The van der Waals surface area contributed by atoms with Crippen molar-refractivity contribution in [1.29, 1.82) is 0 Å². The summed E-state index contributed by atoms with van der Waals surface area (Å²) in [6.07, 6.45) is -8.02. The Morgan fingerprint density at radius 1 is 1.00 bits per heavy atom. The lowest BCUT2D eigenvalue weighted by Gasteiger charge is -2.24. The Labute approximate surface area is 232 Å². The number of hydrogen-bond acceptors (Lipinski definition) is 7. The Balaban J connectivity index is 1.73. The molecule has 0 aliphatic heterocycles. The van der Waals surface area contributed by atoms with Gasteiger partial charge in [-0.1, -0.05) is 50.2 Å². The maximum Gasteiger partial charge on any atom is 0.435 e. The van der Waals surface area contributed by atoms with Crippen LogP contribution in [0, 0.1) is 5.92 Å². The maximum absolute atomic E-state index is 13.3. The van der Waals surface area contributed by atoms with Crippen molar-refractivity contribution >= 4 is 29.4 Å². The van der Waals surface area contributed by atoms with Crippen molar-refractivity contribution in [1.82, 2.24) is 15.1 Å². The molecule has 218 valence electrons. The topological polar surface area (TPSA) is 149 Å². The summed E-state index contributed by atoms with van der Waals surface area (Å²) in [5.74, 6) is -4.35. The second-order valence-electron chi connectivity index (χ2n) is 9.09. The van der Waals surface area contributed by atoms with E-state index in [0.29, 0.717) is 11.8 Å². The van der Waals surface area contributed by atoms with Crippen LogP contribution in [0.5, 0.6) is 5.88 Å². The maximum atomic E-state index is 13.3. The molecule has 0 spiro atoms. The number of hydrogen-bond donors (Lipinski definition) is 3. The minimum absolute atomic E-state index is 0.214. The number of aromatic nitrogens is 2. The summed E-state index contributed by atoms with van der Waals surface area (Å²) in [7, 11) is 0. The van der Waals surface area contributed by atoms with Crippen LogP contribution < -0.4 is 15.4 Å². The van der Waals surface area contributed by atoms with Gasteiger partial charge in [0, 0.05) is 11.8 Å². The van der Waals surface area contributed by atoms with E-state index in [4.69, 9.17) is 9.47 Å². The third-order valence-electron chi connectivity index (χ3n) is 5.53. The Morgan fingerprint density at radius 3 is 2.17 bits per heavy atom. The molecule has 2 amide bonds. The number of halogens is 3. The summed E-state index contributed by atoms with van der Waals surface area (Å²) >= 11 is 0. The molecule has 0 aliphatic carbocycles. The SMILES string of the molecule is CC(C)[C@H](OC(=O)Nc1ccccc1)C(=O)N[C@@H](CC(=O)O)C(=O)COc1cc(C(F)(F)F)nn1-c1ccccc1. The number of alkyl halides is 3. The minimum atomic E-state index is -4.80. The summed E-state index contributed by atoms with van der Waals surface area (Å²) < 4.78 is 51.3. The molecule has 0 fully saturated rings. The van der Waals surface area contributed by atoms with Gasteiger partial charge in [0.25, 0.3) is 5.91 Å². The highest BCUT2D eigenvalue weighted by molar-refractivity contribution is 5.95. The molecule has 2 atom stereocenters. The molecule has 11 nitrogen and oxygen atoms in total. The fraction of sp³-hybridized carbons (Fsp3) is 0.296. The van der Waals surface area contributed by atoms with Crippen LogP contribution >= 0.6 is 0 Å². The molecule has 3 aromatic rings. The van der Waals surface area contributed by atoms with E-state index in [1.165, 1.54) is 12.1 Å². The van der Waals surface area contributed by atoms with Crippen molar-refractivity contribution in [3.05, 3.63) is 72.4 Å². The summed E-state index contributed by atoms with van der Waals surface area (Å²) in [5, 5.41) is 17.5. The van der Waals surface area contributed by atoms with Crippen molar-refractivity contribution in [3.63, 3.8) is 0 Å². The van der Waals surface area contributed by atoms with Gasteiger partial charge in [-0.2, -0.15) is 18.3 Å². The van der Waals surface area contributed by atoms with Crippen molar-refractivity contribution in [2.75, 3.05) is 11.9 Å². The number of aliphatic carboxylic acids is 1. The van der Waals surface area contributed by atoms with Gasteiger partial charge in [0.15, 0.2) is 24.2 Å². The predicted molar refractivity (Wildman–Crippen MR) is 138 cm³/mol. The number of rotatable bonds is 12. The Kier molecular flexibility index (Phi) is 10.1. The van der Waals surface area contributed by atoms with E-state index >= 15 is 0 Å². The second-order valence-corrected chi connectivity index (χ2v) is 9.09. The lowest BCUT2D eigenvalue weighted by Crippen LogP contribution is -2.50. The van der Waals surface area contributed by atoms with Crippen LogP contribution in [0.15, 0.2) is 66.7 Å². The Hall–Kier alpha value is -4.88. The third-order valence-corrected chi connectivity index (χ3v) is 5.53. The third kappa shape index (κ3) is 8.81. The monoisotopic (exact) mass is 576 g/mol. The van der Waals surface area contributed by atoms with Gasteiger partial charge < -0.3 is 19.9 Å². The van der Waals surface area contributed by atoms with Gasteiger partial charge >= 0.3 is 18.2 Å². The van der Waals surface area contributed by atoms with Crippen LogP contribution in [-0.2, 0) is 25.3 Å². The molecular weight excluding hydrogens is 549 g/mol. The van der Waals surface area contributed by atoms with Crippen LogP contribution in [0.2, 0.25) is 0 Å². The summed E-state index contributed by atoms with van der Waals surface area (Å²) in [6, 6.07) is 14.9. The van der Waals surface area contributed by atoms with Crippen LogP contribution in [-0.4, -0.2) is 57.4 Å². The van der Waals surface area contributed by atoms with Gasteiger partial charge in [0.1, 0.15) is 6.04 Å². The van der Waals surface area contributed by atoms with Crippen LogP contribution in [0.1, 0.15) is 26.0 Å². The molecule has 0 saturated heterocycles. The highest BCUT2D eigenvalue weighted by Crippen LogP contribution is 2.32. The number of carbonyl (C=O) groups excluding carboxylic acids is 3. The number of ketones is 1. The van der Waals surface area contributed by atoms with Crippen molar-refractivity contribution in [2.24, 2.45) is 5.92 Å². The number of para-hydroxylation sites is 2. The van der Waals surface area contributed by atoms with Gasteiger partial charge in [-0.05, 0) is 30.2 Å². The van der Waals surface area contributed by atoms with E-state index in [9.17, 15) is 37.5 Å². The van der Waals surface area contributed by atoms with Crippen LogP contribution in [0.3, 0.4) is 0 Å². The molecule has 3 rings (SSSR count). The van der Waals surface area contributed by atoms with Crippen LogP contribution in [0.4, 0.5) is 23.7 Å². The van der Waals surface area contributed by atoms with Gasteiger partial charge in [0.2, 0.25) is 5.88 Å². The molecule has 2 aromatic carbocycles. The first kappa shape index (κ1) is 30.7. The zero-order chi connectivity index (χ0) is 30.2. The minimum Gasteiger partial charge on any atom is -0.481 e. The number of amides is 2. The first-order valence-corrected chi connectivity index (χ1v) is 12.3. The molecule has 0 bridgehead atoms. The molecule has 0 saturated carbocycles. The quantitative estimate of drug-likeness (QED) is 0.292. The van der Waals surface area contributed by atoms with Crippen molar-refractivity contribution in [2.45, 2.75) is 38.6 Å². The van der Waals surface area contributed by atoms with E-state index in [-0.39, 0.29) is 5.69 Å². The average Bonchev–Trinajstić information content (AvgIpc) is 3.35. The lowest BCUT2D eigenvalue weighted by atomic mass is 10.0. The molecule has 3 N–H and O–H groups in total. The van der Waals surface area contributed by atoms with Crippen molar-refractivity contribution < 1.29 is 46.9 Å². The molecule has 0 aliphatic rings. The highest BCUT2D eigenvalue weighted by Gasteiger charge is 2.36. The number of benzene rings is 2. The number of anilines is 1. The molecule has 0 radical (unpaired) electrons. The zero-order valence-electron chi connectivity index (χ0n) is 21.9. The van der Waals surface area contributed by atoms with Gasteiger partial charge in [-0.15, -0.1) is 0 Å². The lowest BCUT2D eigenvalue weighted by molar-refractivity contribution is -0.142. The first-order chi connectivity index (χ1) is 19.3. The molecule has 1 aromatic heterocycles. The van der Waals surface area contributed by atoms with E-state index in [1.807, 2.05) is 0 Å². The number of carbonyl (C=O) groups is 4. The Bertz CT molecular complexity index is 1360. The number of nitrogens with zero attached hydrogens (tertiary/aromatic N) is 2. The highest BCUT2D eigenvalue weighted by atomic mass is 19.4. The van der Waals surface area contributed by atoms with E-state index in [2.05, 4.69) is 15.7 Å². The normalized spacial score (nSPS) is 12.7. The van der Waals surface area contributed by atoms with Gasteiger partial charge in [-0.25, -0.2) is 9.48 Å². The molecule has 1 heterocycles. The van der Waals surface area contributed by atoms with Gasteiger partial charge in [0.05, 0.1) is 12.1 Å². The summed E-state index contributed by atoms with van der Waals surface area (Å²) in [4.78, 5) is 49.6. The fourth-order valence-corrected chi connectivity index (χ4v) is 3.56. The van der Waals surface area contributed by atoms with E-state index in [0.717, 1.165) is 4.68 Å². The fourth-order valence-electron chi connectivity index (χ4n) is 3.56. The zero-order valence-corrected chi connectivity index (χ0v) is 21.9.